The van der Waals surface area contributed by atoms with Gasteiger partial charge in [-0.3, -0.25) is 4.79 Å². The van der Waals surface area contributed by atoms with E-state index in [9.17, 15) is 4.79 Å². The molecule has 0 unspecified atom stereocenters. The first-order valence-corrected chi connectivity index (χ1v) is 8.85. The lowest BCUT2D eigenvalue weighted by atomic mass is 10.1. The summed E-state index contributed by atoms with van der Waals surface area (Å²) in [6.45, 7) is 4.24. The summed E-state index contributed by atoms with van der Waals surface area (Å²) < 4.78 is 0.902. The van der Waals surface area contributed by atoms with E-state index in [1.807, 2.05) is 12.1 Å². The van der Waals surface area contributed by atoms with Gasteiger partial charge in [-0.1, -0.05) is 61.2 Å². The third-order valence-corrected chi connectivity index (χ3v) is 5.06. The Morgan fingerprint density at radius 2 is 1.90 bits per heavy atom. The zero-order chi connectivity index (χ0) is 15.1. The highest BCUT2D eigenvalue weighted by Gasteiger charge is 2.09. The quantitative estimate of drug-likeness (QED) is 0.623. The van der Waals surface area contributed by atoms with Gasteiger partial charge in [0.05, 0.1) is 6.42 Å². The highest BCUT2D eigenvalue weighted by Crippen LogP contribution is 2.25. The fraction of sp³-hybridized carbons (Fsp3) is 0.400. The molecule has 1 aromatic carbocycles. The normalized spacial score (nSPS) is 10.6. The number of amides is 1. The molecule has 1 N–H and O–H groups in total. The lowest BCUT2D eigenvalue weighted by Gasteiger charge is -2.02. The molecule has 1 heterocycles. The molecule has 0 saturated heterocycles. The molecule has 21 heavy (non-hydrogen) atoms. The Kier molecular flexibility index (Phi) is 6.20. The molecule has 0 aliphatic rings. The molecule has 0 fully saturated rings. The summed E-state index contributed by atoms with van der Waals surface area (Å²) in [5.74, 6) is 0.967. The van der Waals surface area contributed by atoms with Gasteiger partial charge in [0.2, 0.25) is 11.0 Å². The van der Waals surface area contributed by atoms with Gasteiger partial charge >= 0.3 is 0 Å². The van der Waals surface area contributed by atoms with Crippen LogP contribution in [0.1, 0.15) is 31.4 Å². The minimum atomic E-state index is -0.0533. The Morgan fingerprint density at radius 1 is 1.19 bits per heavy atom. The Labute approximate surface area is 133 Å². The number of carbonyl (C=O) groups excluding carboxylic acids is 1. The third-order valence-electron chi connectivity index (χ3n) is 2.88. The number of aryl methyl sites for hydroxylation is 1. The summed E-state index contributed by atoms with van der Waals surface area (Å²) in [5.41, 5.74) is 2.29. The van der Waals surface area contributed by atoms with E-state index >= 15 is 0 Å². The lowest BCUT2D eigenvalue weighted by Crippen LogP contribution is -2.14. The molecule has 0 aliphatic heterocycles. The van der Waals surface area contributed by atoms with Crippen molar-refractivity contribution in [1.29, 1.82) is 0 Å². The fourth-order valence-electron chi connectivity index (χ4n) is 1.75. The first kappa shape index (κ1) is 16.0. The van der Waals surface area contributed by atoms with Gasteiger partial charge in [-0.15, -0.1) is 10.2 Å². The molecule has 2 rings (SSSR count). The Bertz CT molecular complexity index is 581. The minimum absolute atomic E-state index is 0.0533. The maximum absolute atomic E-state index is 12.0. The van der Waals surface area contributed by atoms with Gasteiger partial charge in [0.25, 0.3) is 0 Å². The van der Waals surface area contributed by atoms with E-state index in [0.29, 0.717) is 11.6 Å². The monoisotopic (exact) mass is 321 g/mol. The van der Waals surface area contributed by atoms with Crippen molar-refractivity contribution >= 4 is 34.1 Å². The van der Waals surface area contributed by atoms with Crippen LogP contribution in [0.2, 0.25) is 0 Å². The van der Waals surface area contributed by atoms with Crippen molar-refractivity contribution in [2.45, 2.75) is 37.4 Å². The van der Waals surface area contributed by atoms with E-state index in [-0.39, 0.29) is 5.91 Å². The highest BCUT2D eigenvalue weighted by molar-refractivity contribution is 8.01. The van der Waals surface area contributed by atoms with E-state index in [1.165, 1.54) is 16.9 Å². The van der Waals surface area contributed by atoms with Gasteiger partial charge in [-0.25, -0.2) is 0 Å². The molecule has 0 spiro atoms. The molecule has 112 valence electrons. The standard InChI is InChI=1S/C15H19N3OS2/c1-3-9-20-15-18-17-14(21-15)16-13(19)10-12-7-5-11(4-2)6-8-12/h5-8H,3-4,9-10H2,1-2H3,(H,16,17,19). The van der Waals surface area contributed by atoms with Crippen LogP contribution in [0.5, 0.6) is 0 Å². The first-order valence-electron chi connectivity index (χ1n) is 7.05. The minimum Gasteiger partial charge on any atom is -0.300 e. The number of nitrogens with zero attached hydrogens (tertiary/aromatic N) is 2. The van der Waals surface area contributed by atoms with E-state index in [2.05, 4.69) is 41.5 Å². The van der Waals surface area contributed by atoms with Crippen LogP contribution >= 0.6 is 23.1 Å². The lowest BCUT2D eigenvalue weighted by molar-refractivity contribution is -0.115. The van der Waals surface area contributed by atoms with Gasteiger partial charge in [0.1, 0.15) is 0 Å². The fourth-order valence-corrected chi connectivity index (χ4v) is 3.44. The number of rotatable bonds is 7. The number of hydrogen-bond acceptors (Lipinski definition) is 5. The van der Waals surface area contributed by atoms with E-state index in [0.717, 1.165) is 28.5 Å². The second kappa shape index (κ2) is 8.14. The molecular formula is C15H19N3OS2. The summed E-state index contributed by atoms with van der Waals surface area (Å²) >= 11 is 3.10. The van der Waals surface area contributed by atoms with Crippen LogP contribution in [-0.4, -0.2) is 21.9 Å². The van der Waals surface area contributed by atoms with E-state index < -0.39 is 0 Å². The SMILES string of the molecule is CCCSc1nnc(NC(=O)Cc2ccc(CC)cc2)s1. The average Bonchev–Trinajstić information content (AvgIpc) is 2.93. The predicted octanol–water partition coefficient (Wildman–Crippen LogP) is 3.78. The number of hydrogen-bond donors (Lipinski definition) is 1. The summed E-state index contributed by atoms with van der Waals surface area (Å²) in [5, 5.41) is 11.4. The Morgan fingerprint density at radius 3 is 2.57 bits per heavy atom. The topological polar surface area (TPSA) is 54.9 Å². The van der Waals surface area contributed by atoms with Crippen LogP contribution in [0.25, 0.3) is 0 Å². The largest absolute Gasteiger partial charge is 0.300 e. The van der Waals surface area contributed by atoms with Gasteiger partial charge in [0.15, 0.2) is 4.34 Å². The summed E-state index contributed by atoms with van der Waals surface area (Å²) in [4.78, 5) is 12.0. The summed E-state index contributed by atoms with van der Waals surface area (Å²) in [7, 11) is 0. The van der Waals surface area contributed by atoms with Crippen LogP contribution in [0.4, 0.5) is 5.13 Å². The zero-order valence-corrected chi connectivity index (χ0v) is 13.9. The Balaban J connectivity index is 1.87. The maximum atomic E-state index is 12.0. The van der Waals surface area contributed by atoms with Crippen LogP contribution in [-0.2, 0) is 17.6 Å². The van der Waals surface area contributed by atoms with Crippen LogP contribution in [0, 0.1) is 0 Å². The zero-order valence-electron chi connectivity index (χ0n) is 12.3. The van der Waals surface area contributed by atoms with E-state index in [1.54, 1.807) is 11.8 Å². The van der Waals surface area contributed by atoms with Crippen molar-refractivity contribution in [3.8, 4) is 0 Å². The molecule has 4 nitrogen and oxygen atoms in total. The van der Waals surface area contributed by atoms with Gasteiger partial charge in [-0.2, -0.15) is 0 Å². The van der Waals surface area contributed by atoms with Crippen molar-refractivity contribution in [1.82, 2.24) is 10.2 Å². The number of aromatic nitrogens is 2. The molecule has 2 aromatic rings. The van der Waals surface area contributed by atoms with Gasteiger partial charge < -0.3 is 5.32 Å². The van der Waals surface area contributed by atoms with Crippen molar-refractivity contribution < 1.29 is 4.79 Å². The third kappa shape index (κ3) is 5.13. The van der Waals surface area contributed by atoms with Crippen molar-refractivity contribution in [3.63, 3.8) is 0 Å². The van der Waals surface area contributed by atoms with Crippen LogP contribution < -0.4 is 5.32 Å². The molecule has 0 radical (unpaired) electrons. The predicted molar refractivity (Wildman–Crippen MR) is 89.1 cm³/mol. The second-order valence-corrected chi connectivity index (χ2v) is 6.94. The number of carbonyl (C=O) groups is 1. The number of benzene rings is 1. The average molecular weight is 321 g/mol. The van der Waals surface area contributed by atoms with Gasteiger partial charge in [-0.05, 0) is 24.0 Å². The highest BCUT2D eigenvalue weighted by atomic mass is 32.2. The van der Waals surface area contributed by atoms with Gasteiger partial charge in [0, 0.05) is 5.75 Å². The maximum Gasteiger partial charge on any atom is 0.230 e. The molecule has 1 aromatic heterocycles. The first-order chi connectivity index (χ1) is 10.2. The number of thioether (sulfide) groups is 1. The van der Waals surface area contributed by atoms with Crippen molar-refractivity contribution in [2.75, 3.05) is 11.1 Å². The summed E-state index contributed by atoms with van der Waals surface area (Å²) in [6.07, 6.45) is 2.47. The molecule has 1 amide bonds. The number of anilines is 1. The Hall–Kier alpha value is -1.40. The molecule has 0 aliphatic carbocycles. The van der Waals surface area contributed by atoms with Crippen molar-refractivity contribution in [3.05, 3.63) is 35.4 Å². The second-order valence-electron chi connectivity index (χ2n) is 4.62. The summed E-state index contributed by atoms with van der Waals surface area (Å²) in [6, 6.07) is 8.13. The van der Waals surface area contributed by atoms with Crippen LogP contribution in [0.15, 0.2) is 28.6 Å². The molecular weight excluding hydrogens is 302 g/mol. The molecule has 0 atom stereocenters. The number of nitrogens with one attached hydrogen (secondary N) is 1. The van der Waals surface area contributed by atoms with Crippen molar-refractivity contribution in [2.24, 2.45) is 0 Å². The molecule has 6 heteroatoms. The molecule has 0 saturated carbocycles. The smallest absolute Gasteiger partial charge is 0.230 e. The van der Waals surface area contributed by atoms with E-state index in [4.69, 9.17) is 0 Å². The van der Waals surface area contributed by atoms with Crippen LogP contribution in [0.3, 0.4) is 0 Å². The molecule has 0 bridgehead atoms.